The van der Waals surface area contributed by atoms with Crippen molar-refractivity contribution in [1.29, 1.82) is 0 Å². The van der Waals surface area contributed by atoms with Crippen molar-refractivity contribution in [3.8, 4) is 0 Å². The second-order valence-electron chi connectivity index (χ2n) is 0. The third-order valence-electron chi connectivity index (χ3n) is 0. The van der Waals surface area contributed by atoms with Crippen molar-refractivity contribution < 1.29 is 70.7 Å². The van der Waals surface area contributed by atoms with Crippen molar-refractivity contribution in [2.75, 3.05) is 0 Å². The second kappa shape index (κ2) is 39.9. The molecule has 0 unspecified atom stereocenters. The summed E-state index contributed by atoms with van der Waals surface area (Å²) in [6.07, 6.45) is 0. The molecule has 0 atom stereocenters. The van der Waals surface area contributed by atoms with E-state index in [-0.39, 0.29) is 50.6 Å². The Morgan fingerprint density at radius 2 is 1.20 bits per heavy atom. The summed E-state index contributed by atoms with van der Waals surface area (Å²) in [6, 6.07) is 0. The van der Waals surface area contributed by atoms with Gasteiger partial charge in [0.15, 0.2) is 0 Å². The first-order chi connectivity index (χ1) is 1.00. The van der Waals surface area contributed by atoms with E-state index in [0.29, 0.717) is 0 Å². The molecular weight excluding hydrogens is 237 g/mol. The van der Waals surface area contributed by atoms with Crippen molar-refractivity contribution in [2.45, 2.75) is 0 Å². The fourth-order valence-electron chi connectivity index (χ4n) is 0. The Morgan fingerprint density at radius 1 is 1.20 bits per heavy atom. The molecule has 0 bridgehead atoms. The Balaban J connectivity index is -0.00000000167. The van der Waals surface area contributed by atoms with Crippen LogP contribution in [0.1, 0.15) is 0 Å². The molecule has 0 fully saturated rings. The van der Waals surface area contributed by atoms with Crippen LogP contribution in [0, 0.1) is 0 Å². The minimum absolute atomic E-state index is 0. The molecule has 0 aliphatic carbocycles. The molecule has 1 radical (unpaired) electrons. The molecule has 0 aliphatic rings. The van der Waals surface area contributed by atoms with Crippen molar-refractivity contribution >= 4 is 0 Å². The van der Waals surface area contributed by atoms with Gasteiger partial charge in [-0.1, -0.05) is 0 Å². The molecule has 5 heavy (non-hydrogen) atoms. The van der Waals surface area contributed by atoms with Crippen LogP contribution in [0.3, 0.4) is 0 Å². The molecule has 0 saturated carbocycles. The van der Waals surface area contributed by atoms with Crippen LogP contribution in [0.5, 0.6) is 0 Å². The first-order valence-corrected chi connectivity index (χ1v) is 0.687. The van der Waals surface area contributed by atoms with Crippen molar-refractivity contribution in [3.05, 3.63) is 0 Å². The molecule has 0 N–H and O–H groups in total. The van der Waals surface area contributed by atoms with E-state index in [2.05, 4.69) is 0 Å². The summed E-state index contributed by atoms with van der Waals surface area (Å²) in [4.78, 5) is 0. The summed E-state index contributed by atoms with van der Waals surface area (Å²) in [5, 5.41) is 0. The Hall–Kier alpha value is 1.86. The molecule has 0 heterocycles. The van der Waals surface area contributed by atoms with Crippen LogP contribution in [0.15, 0.2) is 0 Å². The maximum atomic E-state index is 8.12. The topological polar surface area (TPSA) is 17.1 Å². The van der Waals surface area contributed by atoms with Crippen LogP contribution in [0.2, 0.25) is 0 Å². The average molecular weight is 237 g/mol. The standard InChI is InChI=1S/Cr.Fe.Mn.Ni.O. The molecule has 0 rings (SSSR count). The van der Waals surface area contributed by atoms with Gasteiger partial charge in [-0.15, -0.1) is 0 Å². The molecule has 0 aromatic rings. The van der Waals surface area contributed by atoms with Gasteiger partial charge in [-0.3, -0.25) is 0 Å². The zero-order valence-corrected chi connectivity index (χ0v) is 6.41. The summed E-state index contributed by atoms with van der Waals surface area (Å²) in [5.41, 5.74) is 0. The second-order valence-corrected chi connectivity index (χ2v) is 0. The van der Waals surface area contributed by atoms with E-state index >= 15 is 0 Å². The van der Waals surface area contributed by atoms with Crippen molar-refractivity contribution in [1.82, 2.24) is 0 Å². The normalized spacial score (nSPS) is 0.800. The van der Waals surface area contributed by atoms with Gasteiger partial charge in [0.2, 0.25) is 0 Å². The number of hydrogen-bond donors (Lipinski definition) is 0. The number of rotatable bonds is 0. The van der Waals surface area contributed by atoms with Crippen LogP contribution < -0.4 is 0 Å². The third-order valence-corrected chi connectivity index (χ3v) is 0. The fraction of sp³-hybridized carbons (Fsp3) is 0. The fourth-order valence-corrected chi connectivity index (χ4v) is 0. The molecule has 1 nitrogen and oxygen atoms in total. The monoisotopic (exact) mass is 237 g/mol. The Morgan fingerprint density at radius 3 is 1.20 bits per heavy atom. The zero-order valence-electron chi connectivity index (χ0n) is 1.86. The number of hydrogen-bond acceptors (Lipinski definition) is 1. The molecule has 0 amide bonds. The van der Waals surface area contributed by atoms with Crippen molar-refractivity contribution in [3.63, 3.8) is 0 Å². The Labute approximate surface area is 70.2 Å². The van der Waals surface area contributed by atoms with E-state index in [4.69, 9.17) is 3.80 Å². The van der Waals surface area contributed by atoms with Crippen LogP contribution >= 0.6 is 0 Å². The van der Waals surface area contributed by atoms with Crippen molar-refractivity contribution in [2.24, 2.45) is 0 Å². The van der Waals surface area contributed by atoms with Crippen LogP contribution in [0.4, 0.5) is 0 Å². The van der Waals surface area contributed by atoms with Gasteiger partial charge in [-0.05, 0) is 0 Å². The summed E-state index contributed by atoms with van der Waals surface area (Å²) < 4.78 is 8.12. The van der Waals surface area contributed by atoms with Crippen LogP contribution in [-0.4, -0.2) is 0 Å². The van der Waals surface area contributed by atoms with Gasteiger partial charge in [0.25, 0.3) is 0 Å². The first kappa shape index (κ1) is 28.8. The summed E-state index contributed by atoms with van der Waals surface area (Å²) in [7, 11) is 0. The molecule has 0 aromatic heterocycles. The van der Waals surface area contributed by atoms with Gasteiger partial charge in [-0.2, -0.15) is 0 Å². The van der Waals surface area contributed by atoms with E-state index in [0.717, 1.165) is 0 Å². The van der Waals surface area contributed by atoms with Crippen LogP contribution in [0.25, 0.3) is 0 Å². The maximum absolute atomic E-state index is 8.12. The summed E-state index contributed by atoms with van der Waals surface area (Å²) in [6.45, 7) is 0. The SMILES string of the molecule is [Fe].[Mn].[Ni].[O]=[Cr]. The van der Waals surface area contributed by atoms with E-state index < -0.39 is 0 Å². The first-order valence-electron chi connectivity index (χ1n) is 0.167. The molecule has 0 aliphatic heterocycles. The van der Waals surface area contributed by atoms with E-state index in [1.807, 2.05) is 0 Å². The summed E-state index contributed by atoms with van der Waals surface area (Å²) in [5.74, 6) is 0. The Bertz CT molecular complexity index is 11.6. The average Bonchev–Trinajstić information content (AvgIpc) is 1.00. The summed E-state index contributed by atoms with van der Waals surface area (Å²) >= 11 is 1.38. The zero-order chi connectivity index (χ0) is 2.00. The van der Waals surface area contributed by atoms with Crippen LogP contribution in [-0.2, 0) is 70.7 Å². The van der Waals surface area contributed by atoms with Gasteiger partial charge in [0, 0.05) is 50.6 Å². The van der Waals surface area contributed by atoms with Gasteiger partial charge in [0.1, 0.15) is 0 Å². The van der Waals surface area contributed by atoms with E-state index in [9.17, 15) is 0 Å². The molecular formula is CrFeMnNiO. The van der Waals surface area contributed by atoms with Gasteiger partial charge < -0.3 is 0 Å². The third kappa shape index (κ3) is 25.2. The molecule has 0 spiro atoms. The van der Waals surface area contributed by atoms with E-state index in [1.165, 1.54) is 16.2 Å². The Kier molecular flexibility index (Phi) is 230. The van der Waals surface area contributed by atoms with E-state index in [1.54, 1.807) is 0 Å². The molecule has 5 heteroatoms. The molecule has 0 aromatic carbocycles. The molecule has 0 saturated heterocycles. The van der Waals surface area contributed by atoms with Gasteiger partial charge in [0.05, 0.1) is 0 Å². The predicted molar refractivity (Wildman–Crippen MR) is 0.686 cm³/mol. The quantitative estimate of drug-likeness (QED) is 0.537. The predicted octanol–water partition coefficient (Wildman–Crippen LogP) is -0.129. The van der Waals surface area contributed by atoms with Gasteiger partial charge >= 0.3 is 20.0 Å². The molecule has 37 valence electrons. The minimum atomic E-state index is 0. The van der Waals surface area contributed by atoms with Gasteiger partial charge in [-0.25, -0.2) is 0 Å².